The minimum absolute atomic E-state index is 0.0201. The average Bonchev–Trinajstić information content (AvgIpc) is 2.38. The molecule has 0 saturated heterocycles. The molecule has 0 aromatic heterocycles. The summed E-state index contributed by atoms with van der Waals surface area (Å²) in [6, 6.07) is 0. The van der Waals surface area contributed by atoms with E-state index in [1.165, 1.54) is 11.1 Å². The molecule has 0 radical (unpaired) electrons. The number of carbonyl (C=O) groups excluding carboxylic acids is 1. The van der Waals surface area contributed by atoms with Crippen LogP contribution >= 0.6 is 0 Å². The SMILES string of the molecule is CC(C)=CCC/C(C)=C/C(=O)C(CC=C(C)C)/C(C)=C/CO. The Balaban J connectivity index is 4.98. The van der Waals surface area contributed by atoms with Gasteiger partial charge in [-0.2, -0.15) is 0 Å². The van der Waals surface area contributed by atoms with Crippen LogP contribution in [0.3, 0.4) is 0 Å². The second kappa shape index (κ2) is 11.2. The standard InChI is InChI=1S/C20H32O2/c1-15(2)8-7-9-17(5)14-20(22)19(11-10-16(3)4)18(6)12-13-21/h8,10,12,14,19,21H,7,9,11,13H2,1-6H3/b17-14+,18-12+. The lowest BCUT2D eigenvalue weighted by molar-refractivity contribution is -0.117. The van der Waals surface area contributed by atoms with Gasteiger partial charge in [0.15, 0.2) is 5.78 Å². The first-order valence-electron chi connectivity index (χ1n) is 8.03. The summed E-state index contributed by atoms with van der Waals surface area (Å²) < 4.78 is 0. The number of allylic oxidation sites excluding steroid dienone is 7. The second-order valence-electron chi connectivity index (χ2n) is 6.41. The van der Waals surface area contributed by atoms with Crippen molar-refractivity contribution in [2.24, 2.45) is 5.92 Å². The third-order valence-corrected chi connectivity index (χ3v) is 3.55. The molecule has 0 bridgehead atoms. The predicted molar refractivity (Wildman–Crippen MR) is 95.8 cm³/mol. The summed E-state index contributed by atoms with van der Waals surface area (Å²) in [6.45, 7) is 12.2. The van der Waals surface area contributed by atoms with Crippen LogP contribution in [0.15, 0.2) is 46.6 Å². The van der Waals surface area contributed by atoms with E-state index in [9.17, 15) is 4.79 Å². The van der Waals surface area contributed by atoms with Crippen LogP contribution in [-0.4, -0.2) is 17.5 Å². The van der Waals surface area contributed by atoms with Crippen molar-refractivity contribution in [1.29, 1.82) is 0 Å². The molecule has 0 rings (SSSR count). The van der Waals surface area contributed by atoms with Crippen molar-refractivity contribution in [2.45, 2.75) is 60.8 Å². The van der Waals surface area contributed by atoms with Crippen LogP contribution in [0.25, 0.3) is 0 Å². The lowest BCUT2D eigenvalue weighted by Gasteiger charge is -2.14. The first kappa shape index (κ1) is 20.6. The maximum Gasteiger partial charge on any atom is 0.163 e. The molecule has 2 nitrogen and oxygen atoms in total. The van der Waals surface area contributed by atoms with Gasteiger partial charge in [0.1, 0.15) is 0 Å². The lowest BCUT2D eigenvalue weighted by Crippen LogP contribution is -2.14. The van der Waals surface area contributed by atoms with Gasteiger partial charge in [0, 0.05) is 5.92 Å². The molecule has 1 N–H and O–H groups in total. The van der Waals surface area contributed by atoms with Gasteiger partial charge in [-0.1, -0.05) is 40.5 Å². The van der Waals surface area contributed by atoms with Gasteiger partial charge in [-0.05, 0) is 66.9 Å². The zero-order valence-corrected chi connectivity index (χ0v) is 15.1. The quantitative estimate of drug-likeness (QED) is 0.472. The summed E-state index contributed by atoms with van der Waals surface area (Å²) in [5.74, 6) is -0.0325. The van der Waals surface area contributed by atoms with Crippen LogP contribution < -0.4 is 0 Å². The van der Waals surface area contributed by atoms with Crippen molar-refractivity contribution in [3.8, 4) is 0 Å². The molecule has 0 heterocycles. The number of hydrogen-bond donors (Lipinski definition) is 1. The predicted octanol–water partition coefficient (Wildman–Crippen LogP) is 5.16. The van der Waals surface area contributed by atoms with Gasteiger partial charge in [-0.25, -0.2) is 0 Å². The molecule has 0 fully saturated rings. The molecule has 1 unspecified atom stereocenters. The van der Waals surface area contributed by atoms with Gasteiger partial charge >= 0.3 is 0 Å². The number of carbonyl (C=O) groups is 1. The first-order valence-corrected chi connectivity index (χ1v) is 8.03. The Morgan fingerprint density at radius 1 is 0.955 bits per heavy atom. The Hall–Kier alpha value is -1.41. The highest BCUT2D eigenvalue weighted by Gasteiger charge is 2.17. The van der Waals surface area contributed by atoms with E-state index in [1.54, 1.807) is 12.2 Å². The molecule has 0 aliphatic rings. The third kappa shape index (κ3) is 9.51. The maximum atomic E-state index is 12.5. The van der Waals surface area contributed by atoms with Crippen LogP contribution in [0.4, 0.5) is 0 Å². The molecule has 0 amide bonds. The monoisotopic (exact) mass is 304 g/mol. The smallest absolute Gasteiger partial charge is 0.163 e. The number of ketones is 1. The summed E-state index contributed by atoms with van der Waals surface area (Å²) in [5, 5.41) is 9.07. The highest BCUT2D eigenvalue weighted by molar-refractivity contribution is 5.94. The summed E-state index contributed by atoms with van der Waals surface area (Å²) in [7, 11) is 0. The van der Waals surface area contributed by atoms with Crippen LogP contribution in [-0.2, 0) is 4.79 Å². The number of aliphatic hydroxyl groups excluding tert-OH is 1. The number of aliphatic hydroxyl groups is 1. The van der Waals surface area contributed by atoms with Crippen LogP contribution in [0.2, 0.25) is 0 Å². The zero-order valence-electron chi connectivity index (χ0n) is 15.1. The fraction of sp³-hybridized carbons (Fsp3) is 0.550. The Morgan fingerprint density at radius 3 is 2.05 bits per heavy atom. The Labute approximate surface area is 136 Å². The van der Waals surface area contributed by atoms with Gasteiger partial charge in [0.05, 0.1) is 6.61 Å². The molecular formula is C20H32O2. The van der Waals surface area contributed by atoms with E-state index in [1.807, 2.05) is 27.7 Å². The van der Waals surface area contributed by atoms with Crippen molar-refractivity contribution in [3.05, 3.63) is 46.6 Å². The minimum Gasteiger partial charge on any atom is -0.392 e. The number of rotatable bonds is 9. The van der Waals surface area contributed by atoms with Gasteiger partial charge in [0.2, 0.25) is 0 Å². The van der Waals surface area contributed by atoms with Crippen molar-refractivity contribution >= 4 is 5.78 Å². The molecule has 0 aromatic rings. The lowest BCUT2D eigenvalue weighted by atomic mass is 9.90. The molecule has 2 heteroatoms. The van der Waals surface area contributed by atoms with Crippen molar-refractivity contribution < 1.29 is 9.90 Å². The zero-order chi connectivity index (χ0) is 17.1. The normalized spacial score (nSPS) is 13.6. The van der Waals surface area contributed by atoms with Crippen molar-refractivity contribution in [3.63, 3.8) is 0 Å². The summed E-state index contributed by atoms with van der Waals surface area (Å²) in [6.07, 6.45) is 10.4. The molecular weight excluding hydrogens is 272 g/mol. The van der Waals surface area contributed by atoms with E-state index in [0.717, 1.165) is 24.0 Å². The fourth-order valence-electron chi connectivity index (χ4n) is 2.17. The van der Waals surface area contributed by atoms with Crippen LogP contribution in [0, 0.1) is 5.92 Å². The largest absolute Gasteiger partial charge is 0.392 e. The molecule has 0 saturated carbocycles. The van der Waals surface area contributed by atoms with Gasteiger partial charge in [-0.15, -0.1) is 0 Å². The fourth-order valence-corrected chi connectivity index (χ4v) is 2.17. The Bertz CT molecular complexity index is 468. The first-order chi connectivity index (χ1) is 10.3. The van der Waals surface area contributed by atoms with Crippen LogP contribution in [0.1, 0.15) is 60.8 Å². The maximum absolute atomic E-state index is 12.5. The van der Waals surface area contributed by atoms with Crippen LogP contribution in [0.5, 0.6) is 0 Å². The third-order valence-electron chi connectivity index (χ3n) is 3.55. The molecule has 0 aliphatic carbocycles. The minimum atomic E-state index is -0.166. The summed E-state index contributed by atoms with van der Waals surface area (Å²) >= 11 is 0. The van der Waals surface area contributed by atoms with Gasteiger partial charge in [0.25, 0.3) is 0 Å². The van der Waals surface area contributed by atoms with Crippen molar-refractivity contribution in [2.75, 3.05) is 6.61 Å². The second-order valence-corrected chi connectivity index (χ2v) is 6.41. The van der Waals surface area contributed by atoms with Gasteiger partial charge < -0.3 is 5.11 Å². The van der Waals surface area contributed by atoms with E-state index in [-0.39, 0.29) is 18.3 Å². The van der Waals surface area contributed by atoms with E-state index >= 15 is 0 Å². The summed E-state index contributed by atoms with van der Waals surface area (Å²) in [5.41, 5.74) is 4.57. The average molecular weight is 304 g/mol. The van der Waals surface area contributed by atoms with Crippen molar-refractivity contribution in [1.82, 2.24) is 0 Å². The molecule has 1 atom stereocenters. The highest BCUT2D eigenvalue weighted by atomic mass is 16.2. The van der Waals surface area contributed by atoms with E-state index in [4.69, 9.17) is 5.11 Å². The summed E-state index contributed by atoms with van der Waals surface area (Å²) in [4.78, 5) is 12.5. The Kier molecular flexibility index (Phi) is 10.5. The highest BCUT2D eigenvalue weighted by Crippen LogP contribution is 2.20. The number of hydrogen-bond acceptors (Lipinski definition) is 2. The van der Waals surface area contributed by atoms with E-state index < -0.39 is 0 Å². The van der Waals surface area contributed by atoms with E-state index in [0.29, 0.717) is 6.42 Å². The van der Waals surface area contributed by atoms with Gasteiger partial charge in [-0.3, -0.25) is 4.79 Å². The molecule has 22 heavy (non-hydrogen) atoms. The molecule has 124 valence electrons. The topological polar surface area (TPSA) is 37.3 Å². The van der Waals surface area contributed by atoms with E-state index in [2.05, 4.69) is 26.0 Å². The molecule has 0 spiro atoms. The molecule has 0 aromatic carbocycles. The molecule has 0 aliphatic heterocycles. The Morgan fingerprint density at radius 2 is 1.55 bits per heavy atom.